The van der Waals surface area contributed by atoms with E-state index in [9.17, 15) is 8.78 Å². The van der Waals surface area contributed by atoms with Crippen LogP contribution in [0.4, 0.5) is 26.0 Å². The van der Waals surface area contributed by atoms with Crippen molar-refractivity contribution in [2.24, 2.45) is 0 Å². The summed E-state index contributed by atoms with van der Waals surface area (Å²) in [5.41, 5.74) is 2.79. The summed E-state index contributed by atoms with van der Waals surface area (Å²) in [6, 6.07) is 13.1. The van der Waals surface area contributed by atoms with E-state index in [0.717, 1.165) is 29.8 Å². The van der Waals surface area contributed by atoms with Gasteiger partial charge < -0.3 is 15.4 Å². The van der Waals surface area contributed by atoms with Crippen LogP contribution in [0.5, 0.6) is 5.75 Å². The summed E-state index contributed by atoms with van der Waals surface area (Å²) in [5, 5.41) is 15.3. The number of halogens is 2. The van der Waals surface area contributed by atoms with Gasteiger partial charge >= 0.3 is 0 Å². The molecule has 0 aliphatic carbocycles. The highest BCUT2D eigenvalue weighted by atomic mass is 32.2. The average Bonchev–Trinajstić information content (AvgIpc) is 2.94. The highest BCUT2D eigenvalue weighted by molar-refractivity contribution is 7.98. The van der Waals surface area contributed by atoms with Crippen molar-refractivity contribution in [1.29, 1.82) is 5.41 Å². The molecule has 2 aromatic carbocycles. The molecule has 0 bridgehead atoms. The topological polar surface area (TPSA) is 95.8 Å². The molecule has 202 valence electrons. The summed E-state index contributed by atoms with van der Waals surface area (Å²) in [6.07, 6.45) is 8.97. The molecule has 0 saturated heterocycles. The van der Waals surface area contributed by atoms with Crippen molar-refractivity contribution in [3.63, 3.8) is 0 Å². The van der Waals surface area contributed by atoms with Crippen molar-refractivity contribution in [2.75, 3.05) is 29.2 Å². The largest absolute Gasteiger partial charge is 0.494 e. The number of benzene rings is 2. The predicted octanol–water partition coefficient (Wildman–Crippen LogP) is 6.62. The SMILES string of the molecule is CCOc1cc(F)c(CNc2ccccc2C(=N)c2ncc(CCCSC)c(Nc3ccncc3)n2)c(F)c1. The Kier molecular flexibility index (Phi) is 9.80. The molecule has 0 unspecified atom stereocenters. The van der Waals surface area contributed by atoms with E-state index >= 15 is 0 Å². The third-order valence-corrected chi connectivity index (χ3v) is 6.60. The number of nitrogens with zero attached hydrogens (tertiary/aromatic N) is 3. The van der Waals surface area contributed by atoms with E-state index in [4.69, 9.17) is 15.1 Å². The molecule has 10 heteroatoms. The van der Waals surface area contributed by atoms with Crippen molar-refractivity contribution in [3.05, 3.63) is 101 Å². The van der Waals surface area contributed by atoms with Crippen LogP contribution >= 0.6 is 11.8 Å². The van der Waals surface area contributed by atoms with Gasteiger partial charge in [0.25, 0.3) is 0 Å². The summed E-state index contributed by atoms with van der Waals surface area (Å²) in [6.45, 7) is 1.95. The monoisotopic (exact) mass is 548 g/mol. The van der Waals surface area contributed by atoms with E-state index < -0.39 is 11.6 Å². The van der Waals surface area contributed by atoms with Crippen LogP contribution < -0.4 is 15.4 Å². The second-order valence-electron chi connectivity index (χ2n) is 8.60. The summed E-state index contributed by atoms with van der Waals surface area (Å²) in [7, 11) is 0. The van der Waals surface area contributed by atoms with E-state index in [1.165, 1.54) is 12.1 Å². The zero-order valence-electron chi connectivity index (χ0n) is 21.8. The predicted molar refractivity (Wildman–Crippen MR) is 153 cm³/mol. The van der Waals surface area contributed by atoms with E-state index in [2.05, 4.69) is 26.9 Å². The molecule has 0 aliphatic rings. The molecule has 0 radical (unpaired) electrons. The molecule has 0 fully saturated rings. The van der Waals surface area contributed by atoms with E-state index in [0.29, 0.717) is 23.7 Å². The van der Waals surface area contributed by atoms with Crippen molar-refractivity contribution < 1.29 is 13.5 Å². The first kappa shape index (κ1) is 28.0. The first-order valence-electron chi connectivity index (χ1n) is 12.5. The zero-order valence-corrected chi connectivity index (χ0v) is 22.6. The van der Waals surface area contributed by atoms with Crippen molar-refractivity contribution in [3.8, 4) is 5.75 Å². The fraction of sp³-hybridized carbons (Fsp3) is 0.241. The first-order chi connectivity index (χ1) is 19.0. The lowest BCUT2D eigenvalue weighted by atomic mass is 10.1. The molecular formula is C29H30F2N6OS. The van der Waals surface area contributed by atoms with Gasteiger partial charge in [0.2, 0.25) is 0 Å². The summed E-state index contributed by atoms with van der Waals surface area (Å²) < 4.78 is 34.4. The molecule has 7 nitrogen and oxygen atoms in total. The van der Waals surface area contributed by atoms with Gasteiger partial charge in [-0.3, -0.25) is 10.4 Å². The molecule has 2 aromatic heterocycles. The van der Waals surface area contributed by atoms with Crippen LogP contribution in [0.15, 0.2) is 67.1 Å². The number of anilines is 3. The standard InChI is InChI=1S/C29H30F2N6OS/c1-3-38-21-15-24(30)23(25(31)16-21)18-34-26-9-5-4-8-22(26)27(32)29-35-17-19(7-6-14-39-2)28(37-29)36-20-10-12-33-13-11-20/h4-5,8-13,15-17,32,34H,3,6-7,14,18H2,1-2H3,(H,33,35,36,37). The van der Waals surface area contributed by atoms with Gasteiger partial charge in [0.15, 0.2) is 5.82 Å². The minimum Gasteiger partial charge on any atom is -0.494 e. The van der Waals surface area contributed by atoms with Gasteiger partial charge in [0.1, 0.15) is 28.9 Å². The Balaban J connectivity index is 1.59. The maximum atomic E-state index is 14.6. The normalized spacial score (nSPS) is 10.8. The van der Waals surface area contributed by atoms with E-state index in [-0.39, 0.29) is 29.4 Å². The molecular weight excluding hydrogens is 518 g/mol. The van der Waals surface area contributed by atoms with Gasteiger partial charge in [-0.1, -0.05) is 18.2 Å². The number of rotatable bonds is 13. The van der Waals surface area contributed by atoms with E-state index in [1.54, 1.807) is 61.5 Å². The molecule has 0 saturated carbocycles. The molecule has 4 aromatic rings. The fourth-order valence-electron chi connectivity index (χ4n) is 3.96. The molecule has 2 heterocycles. The fourth-order valence-corrected chi connectivity index (χ4v) is 4.39. The van der Waals surface area contributed by atoms with Crippen LogP contribution in [0.3, 0.4) is 0 Å². The number of aromatic nitrogens is 3. The van der Waals surface area contributed by atoms with E-state index in [1.807, 2.05) is 12.1 Å². The third-order valence-electron chi connectivity index (χ3n) is 5.90. The molecule has 3 N–H and O–H groups in total. The highest BCUT2D eigenvalue weighted by Gasteiger charge is 2.17. The van der Waals surface area contributed by atoms with Gasteiger partial charge in [0, 0.05) is 65.3 Å². The Bertz CT molecular complexity index is 1400. The van der Waals surface area contributed by atoms with Crippen LogP contribution in [0, 0.1) is 17.0 Å². The minimum absolute atomic E-state index is 0.0826. The summed E-state index contributed by atoms with van der Waals surface area (Å²) in [5.74, 6) is 0.606. The summed E-state index contributed by atoms with van der Waals surface area (Å²) in [4.78, 5) is 13.3. The van der Waals surface area contributed by atoms with Crippen molar-refractivity contribution in [1.82, 2.24) is 15.0 Å². The lowest BCUT2D eigenvalue weighted by Crippen LogP contribution is -2.14. The Morgan fingerprint density at radius 1 is 1.08 bits per heavy atom. The van der Waals surface area contributed by atoms with Gasteiger partial charge in [-0.25, -0.2) is 18.7 Å². The highest BCUT2D eigenvalue weighted by Crippen LogP contribution is 2.25. The van der Waals surface area contributed by atoms with Crippen LogP contribution in [-0.2, 0) is 13.0 Å². The van der Waals surface area contributed by atoms with Crippen LogP contribution in [0.2, 0.25) is 0 Å². The molecule has 0 spiro atoms. The van der Waals surface area contributed by atoms with Crippen molar-refractivity contribution >= 4 is 34.7 Å². The average molecular weight is 549 g/mol. The molecule has 0 aliphatic heterocycles. The number of aryl methyl sites for hydroxylation is 1. The Morgan fingerprint density at radius 3 is 2.54 bits per heavy atom. The first-order valence-corrected chi connectivity index (χ1v) is 13.9. The number of hydrogen-bond acceptors (Lipinski definition) is 8. The number of ether oxygens (including phenoxy) is 1. The molecule has 4 rings (SSSR count). The maximum absolute atomic E-state index is 14.6. The van der Waals surface area contributed by atoms with Gasteiger partial charge in [-0.15, -0.1) is 0 Å². The quantitative estimate of drug-likeness (QED) is 0.128. The number of thioether (sulfide) groups is 1. The maximum Gasteiger partial charge on any atom is 0.180 e. The van der Waals surface area contributed by atoms with Crippen LogP contribution in [0.1, 0.15) is 35.9 Å². The lowest BCUT2D eigenvalue weighted by Gasteiger charge is -2.16. The zero-order chi connectivity index (χ0) is 27.6. The Hall–Kier alpha value is -4.05. The molecule has 0 amide bonds. The molecule has 0 atom stereocenters. The number of pyridine rings is 1. The second kappa shape index (κ2) is 13.7. The van der Waals surface area contributed by atoms with Gasteiger partial charge in [0.05, 0.1) is 6.61 Å². The number of para-hydroxylation sites is 1. The summed E-state index contributed by atoms with van der Waals surface area (Å²) >= 11 is 1.78. The number of hydrogen-bond donors (Lipinski definition) is 3. The van der Waals surface area contributed by atoms with Crippen LogP contribution in [-0.4, -0.2) is 39.3 Å². The number of nitrogens with one attached hydrogen (secondary N) is 3. The Labute approximate surface area is 231 Å². The van der Waals surface area contributed by atoms with Crippen LogP contribution in [0.25, 0.3) is 0 Å². The lowest BCUT2D eigenvalue weighted by molar-refractivity contribution is 0.335. The molecule has 39 heavy (non-hydrogen) atoms. The van der Waals surface area contributed by atoms with Gasteiger partial charge in [-0.05, 0) is 50.0 Å². The minimum atomic E-state index is -0.703. The smallest absolute Gasteiger partial charge is 0.180 e. The van der Waals surface area contributed by atoms with Crippen molar-refractivity contribution in [2.45, 2.75) is 26.3 Å². The second-order valence-corrected chi connectivity index (χ2v) is 9.58. The third kappa shape index (κ3) is 7.29. The van der Waals surface area contributed by atoms with Gasteiger partial charge in [-0.2, -0.15) is 11.8 Å². The Morgan fingerprint density at radius 2 is 1.82 bits per heavy atom.